The van der Waals surface area contributed by atoms with Crippen molar-refractivity contribution in [3.63, 3.8) is 0 Å². The first-order valence-corrected chi connectivity index (χ1v) is 7.88. The molecular formula is C13H20N4O2S. The third kappa shape index (κ3) is 3.00. The molecule has 1 aromatic carbocycles. The smallest absolute Gasteiger partial charge is 0.279 e. The maximum absolute atomic E-state index is 11.7. The first-order chi connectivity index (χ1) is 9.31. The monoisotopic (exact) mass is 296 g/mol. The highest BCUT2D eigenvalue weighted by Crippen LogP contribution is 2.18. The fourth-order valence-corrected chi connectivity index (χ4v) is 2.51. The van der Waals surface area contributed by atoms with Gasteiger partial charge in [-0.2, -0.15) is 17.4 Å². The van der Waals surface area contributed by atoms with E-state index >= 15 is 0 Å². The molecule has 0 atom stereocenters. The van der Waals surface area contributed by atoms with Gasteiger partial charge in [0.25, 0.3) is 10.2 Å². The molecule has 1 heterocycles. The quantitative estimate of drug-likeness (QED) is 0.909. The second-order valence-corrected chi connectivity index (χ2v) is 7.15. The summed E-state index contributed by atoms with van der Waals surface area (Å²) >= 11 is 0. The van der Waals surface area contributed by atoms with Crippen LogP contribution in [0.15, 0.2) is 24.5 Å². The number of nitrogens with zero attached hydrogens (tertiary/aromatic N) is 3. The van der Waals surface area contributed by atoms with Crippen LogP contribution in [0, 0.1) is 0 Å². The first kappa shape index (κ1) is 15.0. The van der Waals surface area contributed by atoms with E-state index < -0.39 is 10.2 Å². The summed E-state index contributed by atoms with van der Waals surface area (Å²) in [6.07, 6.45) is 1.81. The lowest BCUT2D eigenvalue weighted by molar-refractivity contribution is 0.505. The largest absolute Gasteiger partial charge is 0.328 e. The molecule has 0 bridgehead atoms. The number of rotatable bonds is 5. The van der Waals surface area contributed by atoms with E-state index in [1.165, 1.54) is 14.1 Å². The molecule has 0 unspecified atom stereocenters. The van der Waals surface area contributed by atoms with Gasteiger partial charge in [0.1, 0.15) is 0 Å². The molecule has 1 N–H and O–H groups in total. The summed E-state index contributed by atoms with van der Waals surface area (Å²) in [5, 5.41) is 0. The Hall–Kier alpha value is -1.44. The fourth-order valence-electron chi connectivity index (χ4n) is 1.90. The van der Waals surface area contributed by atoms with Gasteiger partial charge < -0.3 is 4.57 Å². The lowest BCUT2D eigenvalue weighted by Gasteiger charge is -2.12. The molecule has 110 valence electrons. The number of fused-ring (bicyclic) bond motifs is 1. The van der Waals surface area contributed by atoms with Gasteiger partial charge in [0.05, 0.1) is 17.4 Å². The molecule has 1 aromatic heterocycles. The van der Waals surface area contributed by atoms with Crippen molar-refractivity contribution in [3.8, 4) is 0 Å². The molecule has 0 aliphatic heterocycles. The summed E-state index contributed by atoms with van der Waals surface area (Å²) in [5.41, 5.74) is 2.82. The SMILES string of the molecule is CC(C)n1cnc2cc(CNS(=O)(=O)N(C)C)ccc21. The van der Waals surface area contributed by atoms with Gasteiger partial charge in [-0.1, -0.05) is 6.07 Å². The zero-order valence-electron chi connectivity index (χ0n) is 12.2. The van der Waals surface area contributed by atoms with Crippen LogP contribution in [-0.2, 0) is 16.8 Å². The maximum atomic E-state index is 11.7. The Balaban J connectivity index is 2.21. The molecule has 2 rings (SSSR count). The van der Waals surface area contributed by atoms with E-state index in [0.717, 1.165) is 20.9 Å². The first-order valence-electron chi connectivity index (χ1n) is 6.44. The van der Waals surface area contributed by atoms with E-state index in [1.807, 2.05) is 24.5 Å². The Labute approximate surface area is 119 Å². The molecule has 0 amide bonds. The molecule has 0 saturated carbocycles. The zero-order chi connectivity index (χ0) is 14.9. The zero-order valence-corrected chi connectivity index (χ0v) is 13.0. The molecule has 6 nitrogen and oxygen atoms in total. The summed E-state index contributed by atoms with van der Waals surface area (Å²) in [6.45, 7) is 4.45. The molecule has 7 heteroatoms. The fraction of sp³-hybridized carbons (Fsp3) is 0.462. The van der Waals surface area contributed by atoms with Crippen LogP contribution in [0.5, 0.6) is 0 Å². The van der Waals surface area contributed by atoms with Gasteiger partial charge in [0, 0.05) is 26.7 Å². The number of benzene rings is 1. The summed E-state index contributed by atoms with van der Waals surface area (Å²) in [7, 11) is -0.408. The number of imidazole rings is 1. The van der Waals surface area contributed by atoms with Crippen molar-refractivity contribution in [2.45, 2.75) is 26.4 Å². The van der Waals surface area contributed by atoms with Crippen molar-refractivity contribution in [1.29, 1.82) is 0 Å². The van der Waals surface area contributed by atoms with Gasteiger partial charge in [-0.25, -0.2) is 4.98 Å². The molecule has 0 aliphatic carbocycles. The number of nitrogens with one attached hydrogen (secondary N) is 1. The lowest BCUT2D eigenvalue weighted by atomic mass is 10.2. The minimum atomic E-state index is -3.40. The predicted octanol–water partition coefficient (Wildman–Crippen LogP) is 1.51. The highest BCUT2D eigenvalue weighted by atomic mass is 32.2. The van der Waals surface area contributed by atoms with Crippen molar-refractivity contribution in [3.05, 3.63) is 30.1 Å². The van der Waals surface area contributed by atoms with E-state index in [0.29, 0.717) is 6.04 Å². The number of aromatic nitrogens is 2. The third-order valence-corrected chi connectivity index (χ3v) is 4.61. The molecule has 0 spiro atoms. The molecular weight excluding hydrogens is 276 g/mol. The predicted molar refractivity (Wildman–Crippen MR) is 79.6 cm³/mol. The average Bonchev–Trinajstić information content (AvgIpc) is 2.79. The van der Waals surface area contributed by atoms with Gasteiger partial charge in [-0.3, -0.25) is 0 Å². The normalized spacial score (nSPS) is 12.7. The van der Waals surface area contributed by atoms with Crippen LogP contribution in [0.2, 0.25) is 0 Å². The molecule has 2 aromatic rings. The molecule has 0 fully saturated rings. The average molecular weight is 296 g/mol. The van der Waals surface area contributed by atoms with Crippen molar-refractivity contribution in [2.75, 3.05) is 14.1 Å². The minimum absolute atomic E-state index is 0.255. The molecule has 20 heavy (non-hydrogen) atoms. The molecule has 0 saturated heterocycles. The Morgan fingerprint density at radius 2 is 2.05 bits per heavy atom. The van der Waals surface area contributed by atoms with Gasteiger partial charge in [-0.15, -0.1) is 0 Å². The number of hydrogen-bond acceptors (Lipinski definition) is 3. The highest BCUT2D eigenvalue weighted by Gasteiger charge is 2.13. The second kappa shape index (κ2) is 5.51. The van der Waals surface area contributed by atoms with E-state index in [4.69, 9.17) is 0 Å². The van der Waals surface area contributed by atoms with E-state index in [1.54, 1.807) is 0 Å². The lowest BCUT2D eigenvalue weighted by Crippen LogP contribution is -2.35. The van der Waals surface area contributed by atoms with E-state index in [2.05, 4.69) is 28.1 Å². The second-order valence-electron chi connectivity index (χ2n) is 5.18. The molecule has 0 radical (unpaired) electrons. The third-order valence-electron chi connectivity index (χ3n) is 3.13. The van der Waals surface area contributed by atoms with Crippen LogP contribution in [0.3, 0.4) is 0 Å². The van der Waals surface area contributed by atoms with Gasteiger partial charge in [-0.05, 0) is 31.5 Å². The van der Waals surface area contributed by atoms with Crippen LogP contribution >= 0.6 is 0 Å². The van der Waals surface area contributed by atoms with Crippen LogP contribution in [0.1, 0.15) is 25.5 Å². The summed E-state index contributed by atoms with van der Waals surface area (Å²) in [6, 6.07) is 6.15. The Kier molecular flexibility index (Phi) is 4.12. The Morgan fingerprint density at radius 1 is 1.35 bits per heavy atom. The van der Waals surface area contributed by atoms with Gasteiger partial charge in [0.2, 0.25) is 0 Å². The van der Waals surface area contributed by atoms with Crippen molar-refractivity contribution in [2.24, 2.45) is 0 Å². The van der Waals surface area contributed by atoms with Gasteiger partial charge >= 0.3 is 0 Å². The topological polar surface area (TPSA) is 67.2 Å². The Bertz CT molecular complexity index is 704. The van der Waals surface area contributed by atoms with E-state index in [-0.39, 0.29) is 6.54 Å². The highest BCUT2D eigenvalue weighted by molar-refractivity contribution is 7.87. The number of hydrogen-bond donors (Lipinski definition) is 1. The molecule has 0 aliphatic rings. The summed E-state index contributed by atoms with van der Waals surface area (Å²) in [5.74, 6) is 0. The van der Waals surface area contributed by atoms with Crippen LogP contribution < -0.4 is 4.72 Å². The van der Waals surface area contributed by atoms with Crippen LogP contribution in [0.25, 0.3) is 11.0 Å². The van der Waals surface area contributed by atoms with Crippen LogP contribution in [0.4, 0.5) is 0 Å². The maximum Gasteiger partial charge on any atom is 0.279 e. The summed E-state index contributed by atoms with van der Waals surface area (Å²) < 4.78 is 29.1. The van der Waals surface area contributed by atoms with E-state index in [9.17, 15) is 8.42 Å². The van der Waals surface area contributed by atoms with Crippen molar-refractivity contribution >= 4 is 21.2 Å². The van der Waals surface area contributed by atoms with Crippen LogP contribution in [-0.4, -0.2) is 36.4 Å². The van der Waals surface area contributed by atoms with Crippen molar-refractivity contribution < 1.29 is 8.42 Å². The Morgan fingerprint density at radius 3 is 2.65 bits per heavy atom. The standard InChI is InChI=1S/C13H20N4O2S/c1-10(2)17-9-14-12-7-11(5-6-13(12)17)8-15-20(18,19)16(3)4/h5-7,9-10,15H,8H2,1-4H3. The minimum Gasteiger partial charge on any atom is -0.328 e. The van der Waals surface area contributed by atoms with Gasteiger partial charge in [0.15, 0.2) is 0 Å². The van der Waals surface area contributed by atoms with Crippen molar-refractivity contribution in [1.82, 2.24) is 18.6 Å². The summed E-state index contributed by atoms with van der Waals surface area (Å²) in [4.78, 5) is 4.36.